The lowest BCUT2D eigenvalue weighted by atomic mass is 9.76. The number of hydrogen-bond acceptors (Lipinski definition) is 2. The first-order valence-corrected chi connectivity index (χ1v) is 6.80. The average molecular weight is 248 g/mol. The van der Waals surface area contributed by atoms with E-state index in [1.165, 1.54) is 6.42 Å². The summed E-state index contributed by atoms with van der Waals surface area (Å²) in [6.07, 6.45) is 1.19. The van der Waals surface area contributed by atoms with Crippen LogP contribution in [0.4, 0.5) is 10.1 Å². The largest absolute Gasteiger partial charge is 0.371 e. The van der Waals surface area contributed by atoms with E-state index in [0.29, 0.717) is 17.4 Å². The molecule has 0 aromatic heterocycles. The Bertz CT molecular complexity index is 427. The molecule has 0 saturated carbocycles. The van der Waals surface area contributed by atoms with E-state index in [9.17, 15) is 4.39 Å². The summed E-state index contributed by atoms with van der Waals surface area (Å²) in [4.78, 5) is 2.40. The van der Waals surface area contributed by atoms with Gasteiger partial charge in [-0.3, -0.25) is 0 Å². The summed E-state index contributed by atoms with van der Waals surface area (Å²) in [7, 11) is 0. The van der Waals surface area contributed by atoms with E-state index < -0.39 is 0 Å². The van der Waals surface area contributed by atoms with Gasteiger partial charge in [-0.15, -0.1) is 0 Å². The minimum absolute atomic E-state index is 0.156. The van der Waals surface area contributed by atoms with Crippen LogP contribution in [-0.4, -0.2) is 25.7 Å². The molecule has 1 aromatic rings. The Morgan fingerprint density at radius 1 is 1.28 bits per heavy atom. The summed E-state index contributed by atoms with van der Waals surface area (Å²) in [5, 5.41) is 3.64. The standard InChI is InChI=1S/C15H21FN2/c1-15(2)10-17-14-7-8-18(9-13(14)15)12-5-3-11(16)4-6-12/h3-6,13-14,17H,7-10H2,1-2H3. The van der Waals surface area contributed by atoms with Gasteiger partial charge in [0, 0.05) is 31.4 Å². The van der Waals surface area contributed by atoms with Crippen LogP contribution in [0.1, 0.15) is 20.3 Å². The Morgan fingerprint density at radius 3 is 2.72 bits per heavy atom. The monoisotopic (exact) mass is 248 g/mol. The molecule has 2 saturated heterocycles. The summed E-state index contributed by atoms with van der Waals surface area (Å²) >= 11 is 0. The van der Waals surface area contributed by atoms with Gasteiger partial charge in [0.1, 0.15) is 5.82 Å². The average Bonchev–Trinajstić information content (AvgIpc) is 2.66. The number of rotatable bonds is 1. The molecule has 2 aliphatic heterocycles. The highest BCUT2D eigenvalue weighted by molar-refractivity contribution is 5.47. The second kappa shape index (κ2) is 4.23. The van der Waals surface area contributed by atoms with Crippen LogP contribution in [0.3, 0.4) is 0 Å². The molecule has 3 heteroatoms. The van der Waals surface area contributed by atoms with Crippen molar-refractivity contribution in [3.63, 3.8) is 0 Å². The number of nitrogens with one attached hydrogen (secondary N) is 1. The van der Waals surface area contributed by atoms with Gasteiger partial charge in [-0.25, -0.2) is 4.39 Å². The van der Waals surface area contributed by atoms with Gasteiger partial charge >= 0.3 is 0 Å². The molecule has 0 spiro atoms. The maximum atomic E-state index is 13.0. The molecule has 2 nitrogen and oxygen atoms in total. The summed E-state index contributed by atoms with van der Waals surface area (Å²) in [5.41, 5.74) is 1.51. The smallest absolute Gasteiger partial charge is 0.123 e. The van der Waals surface area contributed by atoms with Crippen molar-refractivity contribution in [1.29, 1.82) is 0 Å². The second-order valence-electron chi connectivity index (χ2n) is 6.29. The van der Waals surface area contributed by atoms with E-state index in [4.69, 9.17) is 0 Å². The van der Waals surface area contributed by atoms with Crippen LogP contribution in [0.25, 0.3) is 0 Å². The van der Waals surface area contributed by atoms with Crippen molar-refractivity contribution in [2.45, 2.75) is 26.3 Å². The molecule has 3 rings (SSSR count). The lowest BCUT2D eigenvalue weighted by Crippen LogP contribution is -2.47. The molecular formula is C15H21FN2. The third-order valence-electron chi connectivity index (χ3n) is 4.63. The summed E-state index contributed by atoms with van der Waals surface area (Å²) < 4.78 is 13.0. The minimum Gasteiger partial charge on any atom is -0.371 e. The molecule has 2 aliphatic rings. The molecular weight excluding hydrogens is 227 g/mol. The van der Waals surface area contributed by atoms with Gasteiger partial charge in [0.2, 0.25) is 0 Å². The van der Waals surface area contributed by atoms with Gasteiger partial charge in [0.05, 0.1) is 0 Å². The van der Waals surface area contributed by atoms with Crippen molar-refractivity contribution in [2.24, 2.45) is 11.3 Å². The number of nitrogens with zero attached hydrogens (tertiary/aromatic N) is 1. The summed E-state index contributed by atoms with van der Waals surface area (Å²) in [6, 6.07) is 7.56. The first kappa shape index (κ1) is 12.0. The topological polar surface area (TPSA) is 15.3 Å². The molecule has 0 amide bonds. The molecule has 2 heterocycles. The first-order valence-electron chi connectivity index (χ1n) is 6.80. The zero-order valence-electron chi connectivity index (χ0n) is 11.1. The predicted octanol–water partition coefficient (Wildman–Crippen LogP) is 2.65. The zero-order chi connectivity index (χ0) is 12.8. The van der Waals surface area contributed by atoms with Crippen LogP contribution in [-0.2, 0) is 0 Å². The molecule has 2 atom stereocenters. The van der Waals surface area contributed by atoms with Crippen LogP contribution in [0.15, 0.2) is 24.3 Å². The van der Waals surface area contributed by atoms with Crippen molar-refractivity contribution in [2.75, 3.05) is 24.5 Å². The maximum Gasteiger partial charge on any atom is 0.123 e. The van der Waals surface area contributed by atoms with Gasteiger partial charge in [0.25, 0.3) is 0 Å². The number of anilines is 1. The highest BCUT2D eigenvalue weighted by Gasteiger charge is 2.44. The molecule has 1 N–H and O–H groups in total. The third-order valence-corrected chi connectivity index (χ3v) is 4.63. The van der Waals surface area contributed by atoms with Gasteiger partial charge in [-0.2, -0.15) is 0 Å². The van der Waals surface area contributed by atoms with Gasteiger partial charge in [-0.05, 0) is 42.0 Å². The predicted molar refractivity (Wildman–Crippen MR) is 72.3 cm³/mol. The van der Waals surface area contributed by atoms with Crippen LogP contribution in [0.5, 0.6) is 0 Å². The Morgan fingerprint density at radius 2 is 2.00 bits per heavy atom. The quantitative estimate of drug-likeness (QED) is 0.822. The minimum atomic E-state index is -0.156. The first-order chi connectivity index (χ1) is 8.56. The van der Waals surface area contributed by atoms with E-state index in [1.807, 2.05) is 12.1 Å². The normalized spacial score (nSPS) is 30.3. The van der Waals surface area contributed by atoms with Gasteiger partial charge < -0.3 is 10.2 Å². The van der Waals surface area contributed by atoms with Crippen molar-refractivity contribution >= 4 is 5.69 Å². The number of fused-ring (bicyclic) bond motifs is 1. The molecule has 2 fully saturated rings. The number of halogens is 1. The van der Waals surface area contributed by atoms with E-state index >= 15 is 0 Å². The van der Waals surface area contributed by atoms with Crippen LogP contribution in [0, 0.1) is 17.2 Å². The molecule has 2 unspecified atom stereocenters. The SMILES string of the molecule is CC1(C)CNC2CCN(c3ccc(F)cc3)CC21. The molecule has 0 bridgehead atoms. The molecule has 98 valence electrons. The Hall–Kier alpha value is -1.09. The van der Waals surface area contributed by atoms with Gasteiger partial charge in [-0.1, -0.05) is 13.8 Å². The lowest BCUT2D eigenvalue weighted by Gasteiger charge is -2.40. The van der Waals surface area contributed by atoms with E-state index in [2.05, 4.69) is 24.1 Å². The van der Waals surface area contributed by atoms with E-state index in [0.717, 1.165) is 25.3 Å². The van der Waals surface area contributed by atoms with Gasteiger partial charge in [0.15, 0.2) is 0 Å². The summed E-state index contributed by atoms with van der Waals surface area (Å²) in [6.45, 7) is 7.95. The molecule has 0 radical (unpaired) electrons. The van der Waals surface area contributed by atoms with E-state index in [1.54, 1.807) is 12.1 Å². The van der Waals surface area contributed by atoms with Crippen LogP contribution < -0.4 is 10.2 Å². The molecule has 18 heavy (non-hydrogen) atoms. The third kappa shape index (κ3) is 2.01. The maximum absolute atomic E-state index is 13.0. The Balaban J connectivity index is 1.78. The number of hydrogen-bond donors (Lipinski definition) is 1. The fourth-order valence-electron chi connectivity index (χ4n) is 3.40. The van der Waals surface area contributed by atoms with Crippen molar-refractivity contribution in [3.05, 3.63) is 30.1 Å². The Labute approximate surface area is 108 Å². The Kier molecular flexibility index (Phi) is 2.81. The fourth-order valence-corrected chi connectivity index (χ4v) is 3.40. The van der Waals surface area contributed by atoms with E-state index in [-0.39, 0.29) is 5.82 Å². The number of benzene rings is 1. The van der Waals surface area contributed by atoms with Crippen LogP contribution in [0.2, 0.25) is 0 Å². The van der Waals surface area contributed by atoms with Crippen molar-refractivity contribution in [1.82, 2.24) is 5.32 Å². The summed E-state index contributed by atoms with van der Waals surface area (Å²) in [5.74, 6) is 0.535. The highest BCUT2D eigenvalue weighted by atomic mass is 19.1. The van der Waals surface area contributed by atoms with Crippen molar-refractivity contribution < 1.29 is 4.39 Å². The number of piperidine rings is 1. The highest BCUT2D eigenvalue weighted by Crippen LogP contribution is 2.39. The molecule has 0 aliphatic carbocycles. The lowest BCUT2D eigenvalue weighted by molar-refractivity contribution is 0.237. The van der Waals surface area contributed by atoms with Crippen LogP contribution >= 0.6 is 0 Å². The molecule has 1 aromatic carbocycles. The van der Waals surface area contributed by atoms with Crippen molar-refractivity contribution in [3.8, 4) is 0 Å². The zero-order valence-corrected chi connectivity index (χ0v) is 11.1. The fraction of sp³-hybridized carbons (Fsp3) is 0.600. The second-order valence-corrected chi connectivity index (χ2v) is 6.29.